The van der Waals surface area contributed by atoms with E-state index in [4.69, 9.17) is 23.4 Å². The van der Waals surface area contributed by atoms with Crippen molar-refractivity contribution < 1.29 is 57.6 Å². The summed E-state index contributed by atoms with van der Waals surface area (Å²) in [5, 5.41) is 25.1. The number of hydrogen-bond donors (Lipinski definition) is 2. The number of ketones is 1. The van der Waals surface area contributed by atoms with Gasteiger partial charge in [-0.1, -0.05) is 48.5 Å². The van der Waals surface area contributed by atoms with Gasteiger partial charge in [-0.05, 0) is 36.8 Å². The summed E-state index contributed by atoms with van der Waals surface area (Å²) in [6, 6.07) is 1.69. The Morgan fingerprint density at radius 1 is 1.08 bits per heavy atom. The lowest BCUT2D eigenvalue weighted by molar-refractivity contribution is -0.287. The number of rotatable bonds is 8. The SMILES string of the molecule is CC[C@H](C)C(=O)O[C@@H]1[C@@]2(C)C[C@@]3(OC(=O)C(C)C)[C@](C)([C@H]4CC[C@@]5(C)C(=C4C(=O)[C@]13O)CC(=O)O[C@@H]5c1ccoc1)[C@H]2[C@H](O)C(=O)OC. The van der Waals surface area contributed by atoms with Crippen molar-refractivity contribution in [2.24, 2.45) is 39.9 Å². The van der Waals surface area contributed by atoms with Gasteiger partial charge in [0.05, 0.1) is 37.9 Å². The first kappa shape index (κ1) is 34.4. The number of ether oxygens (including phenoxy) is 4. The van der Waals surface area contributed by atoms with Gasteiger partial charge in [0.15, 0.2) is 17.5 Å². The molecule has 2 N–H and O–H groups in total. The molecule has 6 rings (SSSR count). The molecule has 0 unspecified atom stereocenters. The molecule has 0 radical (unpaired) electrons. The minimum atomic E-state index is -2.62. The lowest BCUT2D eigenvalue weighted by atomic mass is 9.40. The van der Waals surface area contributed by atoms with Crippen molar-refractivity contribution in [1.29, 1.82) is 0 Å². The molecule has 4 aliphatic carbocycles. The van der Waals surface area contributed by atoms with E-state index in [0.29, 0.717) is 30.4 Å². The number of carbonyl (C=O) groups is 5. The number of Topliss-reactive ketones (excluding diaryl/α,β-unsaturated/α-hetero) is 1. The fourth-order valence-electron chi connectivity index (χ4n) is 10.4. The lowest BCUT2D eigenvalue weighted by Crippen LogP contribution is -2.80. The van der Waals surface area contributed by atoms with Crippen LogP contribution in [0.1, 0.15) is 92.2 Å². The third-order valence-corrected chi connectivity index (χ3v) is 12.8. The van der Waals surface area contributed by atoms with Crippen LogP contribution in [0.2, 0.25) is 0 Å². The molecule has 262 valence electrons. The number of fused-ring (bicyclic) bond motifs is 4. The van der Waals surface area contributed by atoms with Gasteiger partial charge in [0.25, 0.3) is 0 Å². The average molecular weight is 671 g/mol. The van der Waals surface area contributed by atoms with E-state index in [1.54, 1.807) is 47.6 Å². The lowest BCUT2D eigenvalue weighted by Gasteiger charge is -2.66. The van der Waals surface area contributed by atoms with Crippen molar-refractivity contribution in [1.82, 2.24) is 0 Å². The summed E-state index contributed by atoms with van der Waals surface area (Å²) in [6.07, 6.45) is -0.573. The summed E-state index contributed by atoms with van der Waals surface area (Å²) in [4.78, 5) is 69.0. The van der Waals surface area contributed by atoms with Crippen LogP contribution in [0.3, 0.4) is 0 Å². The van der Waals surface area contributed by atoms with Gasteiger partial charge in [-0.2, -0.15) is 0 Å². The second-order valence-corrected chi connectivity index (χ2v) is 15.5. The van der Waals surface area contributed by atoms with Crippen LogP contribution in [0.5, 0.6) is 0 Å². The number of carbonyl (C=O) groups excluding carboxylic acids is 5. The fraction of sp³-hybridized carbons (Fsp3) is 0.694. The highest BCUT2D eigenvalue weighted by atomic mass is 16.6. The van der Waals surface area contributed by atoms with Crippen LogP contribution in [-0.4, -0.2) is 70.4 Å². The smallest absolute Gasteiger partial charge is 0.335 e. The maximum atomic E-state index is 15.3. The molecular weight excluding hydrogens is 624 g/mol. The average Bonchev–Trinajstić information content (AvgIpc) is 3.69. The second kappa shape index (κ2) is 11.0. The van der Waals surface area contributed by atoms with E-state index >= 15 is 4.79 Å². The Kier molecular flexibility index (Phi) is 7.87. The molecule has 0 spiro atoms. The van der Waals surface area contributed by atoms with E-state index in [1.807, 2.05) is 6.92 Å². The van der Waals surface area contributed by atoms with Crippen LogP contribution in [-0.2, 0) is 42.9 Å². The molecule has 1 aromatic rings. The maximum absolute atomic E-state index is 15.3. The highest BCUT2D eigenvalue weighted by molar-refractivity contribution is 6.08. The molecule has 5 aliphatic rings. The van der Waals surface area contributed by atoms with Crippen LogP contribution < -0.4 is 0 Å². The molecule has 1 aliphatic heterocycles. The first-order valence-corrected chi connectivity index (χ1v) is 16.8. The van der Waals surface area contributed by atoms with E-state index in [0.717, 1.165) is 7.11 Å². The molecule has 2 heterocycles. The van der Waals surface area contributed by atoms with Gasteiger partial charge in [0, 0.05) is 39.7 Å². The van der Waals surface area contributed by atoms with Gasteiger partial charge in [-0.15, -0.1) is 0 Å². The Morgan fingerprint density at radius 3 is 2.35 bits per heavy atom. The molecule has 1 saturated heterocycles. The van der Waals surface area contributed by atoms with E-state index < -0.39 is 99.1 Å². The molecule has 48 heavy (non-hydrogen) atoms. The largest absolute Gasteiger partial charge is 0.472 e. The number of aliphatic hydroxyl groups excluding tert-OH is 1. The van der Waals surface area contributed by atoms with Crippen molar-refractivity contribution in [3.8, 4) is 0 Å². The number of esters is 4. The predicted octanol–water partition coefficient (Wildman–Crippen LogP) is 3.77. The standard InChI is InChI=1S/C36H46O12/c1-9-18(4)29(41)47-31-33(6)16-35(48-28(40)17(2)3)34(7,25(33)24(38)30(42)44-8)20-10-12-32(5)21(23(20)26(39)36(31,35)43)14-22(37)46-27(32)19-11-13-45-15-19/h11,13,15,17-18,20,24-25,27,31,38,43H,9-10,12,14,16H2,1-8H3/t18-,20-,24-,25-,27+,31+,32-,33-,34+,35+,36-/m0/s1. The van der Waals surface area contributed by atoms with Gasteiger partial charge < -0.3 is 33.6 Å². The molecule has 3 saturated carbocycles. The zero-order chi connectivity index (χ0) is 35.4. The number of hydrogen-bond acceptors (Lipinski definition) is 12. The van der Waals surface area contributed by atoms with Crippen molar-refractivity contribution in [2.45, 2.75) is 110 Å². The van der Waals surface area contributed by atoms with E-state index in [2.05, 4.69) is 0 Å². The topological polar surface area (TPSA) is 176 Å². The number of cyclic esters (lactones) is 1. The van der Waals surface area contributed by atoms with Crippen LogP contribution >= 0.6 is 0 Å². The summed E-state index contributed by atoms with van der Waals surface area (Å²) in [5.41, 5.74) is -7.23. The minimum Gasteiger partial charge on any atom is -0.472 e. The summed E-state index contributed by atoms with van der Waals surface area (Å²) in [5.74, 6) is -6.89. The highest BCUT2D eigenvalue weighted by Gasteiger charge is 2.93. The first-order valence-electron chi connectivity index (χ1n) is 16.8. The Bertz CT molecular complexity index is 1590. The highest BCUT2D eigenvalue weighted by Crippen LogP contribution is 2.81. The molecule has 12 heteroatoms. The Hall–Kier alpha value is -3.51. The Balaban J connectivity index is 1.67. The number of methoxy groups -OCH3 is 1. The molecule has 1 aromatic heterocycles. The zero-order valence-corrected chi connectivity index (χ0v) is 28.8. The van der Waals surface area contributed by atoms with Gasteiger partial charge >= 0.3 is 23.9 Å². The molecular formula is C36H46O12. The zero-order valence-electron chi connectivity index (χ0n) is 28.8. The summed E-state index contributed by atoms with van der Waals surface area (Å²) in [6.45, 7) is 12.0. The van der Waals surface area contributed by atoms with Crippen LogP contribution in [0.15, 0.2) is 34.2 Å². The predicted molar refractivity (Wildman–Crippen MR) is 165 cm³/mol. The maximum Gasteiger partial charge on any atom is 0.335 e. The van der Waals surface area contributed by atoms with E-state index in [9.17, 15) is 29.4 Å². The normalized spacial score (nSPS) is 40.9. The third kappa shape index (κ3) is 4.04. The van der Waals surface area contributed by atoms with Gasteiger partial charge in [0.2, 0.25) is 5.60 Å². The molecule has 11 atom stereocenters. The van der Waals surface area contributed by atoms with Gasteiger partial charge in [-0.3, -0.25) is 19.2 Å². The molecule has 0 amide bonds. The Labute approximate surface area is 279 Å². The van der Waals surface area contributed by atoms with Crippen molar-refractivity contribution in [3.05, 3.63) is 35.3 Å². The van der Waals surface area contributed by atoms with Crippen molar-refractivity contribution >= 4 is 29.7 Å². The second-order valence-electron chi connectivity index (χ2n) is 15.5. The fourth-order valence-corrected chi connectivity index (χ4v) is 10.4. The van der Waals surface area contributed by atoms with Crippen LogP contribution in [0, 0.1) is 39.9 Å². The molecule has 2 bridgehead atoms. The summed E-state index contributed by atoms with van der Waals surface area (Å²) < 4.78 is 28.7. The monoisotopic (exact) mass is 670 g/mol. The molecule has 12 nitrogen and oxygen atoms in total. The van der Waals surface area contributed by atoms with Gasteiger partial charge in [-0.25, -0.2) is 4.79 Å². The number of aliphatic hydroxyl groups is 2. The van der Waals surface area contributed by atoms with Crippen LogP contribution in [0.25, 0.3) is 0 Å². The quantitative estimate of drug-likeness (QED) is 0.303. The number of furan rings is 1. The Morgan fingerprint density at radius 2 is 1.77 bits per heavy atom. The summed E-state index contributed by atoms with van der Waals surface area (Å²) >= 11 is 0. The molecule has 0 aromatic carbocycles. The van der Waals surface area contributed by atoms with Crippen molar-refractivity contribution in [2.75, 3.05) is 7.11 Å². The van der Waals surface area contributed by atoms with Crippen molar-refractivity contribution in [3.63, 3.8) is 0 Å². The van der Waals surface area contributed by atoms with Gasteiger partial charge in [0.1, 0.15) is 12.2 Å². The van der Waals surface area contributed by atoms with E-state index in [-0.39, 0.29) is 18.4 Å². The van der Waals surface area contributed by atoms with E-state index in [1.165, 1.54) is 12.5 Å². The molecule has 4 fully saturated rings. The summed E-state index contributed by atoms with van der Waals surface area (Å²) in [7, 11) is 1.14. The first-order chi connectivity index (χ1) is 22.4. The third-order valence-electron chi connectivity index (χ3n) is 12.8. The minimum absolute atomic E-state index is 0.158. The van der Waals surface area contributed by atoms with Crippen LogP contribution in [0.4, 0.5) is 0 Å².